The first-order valence-electron chi connectivity index (χ1n) is 25.2. The molecule has 5 fully saturated rings. The van der Waals surface area contributed by atoms with Crippen LogP contribution in [0.3, 0.4) is 0 Å². The van der Waals surface area contributed by atoms with Crippen LogP contribution in [-0.4, -0.2) is 172 Å². The highest BCUT2D eigenvalue weighted by Crippen LogP contribution is 2.43. The Bertz CT molecular complexity index is 1960. The van der Waals surface area contributed by atoms with Crippen molar-refractivity contribution in [2.75, 3.05) is 41.4 Å². The van der Waals surface area contributed by atoms with E-state index in [-0.39, 0.29) is 49.7 Å². The third-order valence-corrected chi connectivity index (χ3v) is 16.0. The highest BCUT2D eigenvalue weighted by molar-refractivity contribution is 5.85. The van der Waals surface area contributed by atoms with Gasteiger partial charge in [-0.15, -0.1) is 0 Å². The summed E-state index contributed by atoms with van der Waals surface area (Å²) >= 11 is 0. The Hall–Kier alpha value is -3.14. The summed E-state index contributed by atoms with van der Waals surface area (Å²) in [6.07, 6.45) is 1.56. The number of nitrogens with zero attached hydrogens (tertiary/aromatic N) is 6. The number of aliphatic hydroxyl groups excluding tert-OH is 1. The molecule has 5 saturated heterocycles. The fraction of sp³-hybridized carbons (Fsp3) is 0.804. The number of fused-ring (bicyclic) bond motifs is 15. The molecule has 7 rings (SSSR count). The molecule has 390 valence electrons. The minimum absolute atomic E-state index is 0.0467. The number of nitrogens with two attached hydrogens (primary N) is 1. The van der Waals surface area contributed by atoms with E-state index in [1.54, 1.807) is 38.0 Å². The number of methoxy groups -OCH3 is 1. The molecule has 0 spiro atoms. The lowest BCUT2D eigenvalue weighted by molar-refractivity contribution is -0.313. The lowest BCUT2D eigenvalue weighted by atomic mass is 9.72. The van der Waals surface area contributed by atoms with E-state index in [4.69, 9.17) is 48.9 Å². The fourth-order valence-electron chi connectivity index (χ4n) is 11.4. The quantitative estimate of drug-likeness (QED) is 0.198. The van der Waals surface area contributed by atoms with Crippen molar-refractivity contribution in [1.82, 2.24) is 24.6 Å². The second kappa shape index (κ2) is 23.2. The van der Waals surface area contributed by atoms with Crippen LogP contribution in [0.15, 0.2) is 41.9 Å². The van der Waals surface area contributed by atoms with Gasteiger partial charge in [-0.05, 0) is 126 Å². The molecule has 2 aromatic heterocycles. The van der Waals surface area contributed by atoms with E-state index in [0.29, 0.717) is 50.2 Å². The molecule has 4 N–H and O–H groups in total. The summed E-state index contributed by atoms with van der Waals surface area (Å²) in [5.41, 5.74) is 4.69. The number of rotatable bonds is 11. The molecule has 0 amide bonds. The second-order valence-corrected chi connectivity index (χ2v) is 21.6. The van der Waals surface area contributed by atoms with Gasteiger partial charge < -0.3 is 63.7 Å². The van der Waals surface area contributed by atoms with Crippen LogP contribution in [0.5, 0.6) is 0 Å². The predicted octanol–water partition coefficient (Wildman–Crippen LogP) is 5.09. The van der Waals surface area contributed by atoms with Crippen molar-refractivity contribution in [3.05, 3.63) is 42.4 Å². The van der Waals surface area contributed by atoms with Crippen LogP contribution < -0.4 is 5.73 Å². The zero-order valence-corrected chi connectivity index (χ0v) is 43.8. The van der Waals surface area contributed by atoms with E-state index >= 15 is 0 Å². The number of hydrogen-bond donors (Lipinski definition) is 3. The number of aromatic nitrogens is 3. The molecule has 7 heterocycles. The van der Waals surface area contributed by atoms with E-state index in [2.05, 4.69) is 35.9 Å². The van der Waals surface area contributed by atoms with E-state index < -0.39 is 83.7 Å². The van der Waals surface area contributed by atoms with Gasteiger partial charge in [-0.2, -0.15) is 5.10 Å². The lowest BCUT2D eigenvalue weighted by Crippen LogP contribution is -2.62. The Labute approximate surface area is 410 Å². The molecule has 5 aliphatic heterocycles. The second-order valence-electron chi connectivity index (χ2n) is 21.6. The normalized spacial score (nSPS) is 42.0. The Balaban J connectivity index is 1.48. The molecule has 0 aliphatic carbocycles. The number of aliphatic hydroxyl groups is 2. The number of oxime groups is 1. The van der Waals surface area contributed by atoms with E-state index in [1.165, 1.54) is 0 Å². The number of pyridine rings is 1. The first-order chi connectivity index (χ1) is 32.5. The zero-order chi connectivity index (χ0) is 50.6. The highest BCUT2D eigenvalue weighted by Gasteiger charge is 2.53. The van der Waals surface area contributed by atoms with Crippen molar-refractivity contribution in [2.24, 2.45) is 34.6 Å². The number of carbonyl (C=O) groups excluding carboxylic acids is 1. The van der Waals surface area contributed by atoms with Crippen molar-refractivity contribution in [3.8, 4) is 5.82 Å². The first-order valence-corrected chi connectivity index (χ1v) is 25.2. The number of esters is 1. The van der Waals surface area contributed by atoms with Crippen LogP contribution in [0.2, 0.25) is 0 Å². The highest BCUT2D eigenvalue weighted by atomic mass is 16.7. The molecule has 0 saturated carbocycles. The van der Waals surface area contributed by atoms with Gasteiger partial charge >= 0.3 is 5.97 Å². The standard InChI is InChI=1S/C51H85N7O11/c1-15-40-51(10,61)38-19-18-37(55-64-28-36-17-20-41(53-26-36)58-22-16-21-54-58)29-63-50(9,24-31(3)57(13)27-30(38)2)46(69-48-43(59)39(56(11)12)23-32(4)65-48)33(5)44(34(6)47(60)67-40)68-42-25-49(8,62-14)45(52)35(7)66-42/h16-17,20-22,26,30-35,38-40,42-46,48,59,61H,15,18-19,23-25,27-29,52H2,1-14H3/b55-37+/t30-,31+,32+,33-,34+,35-,38+,39-,40+,42-,43+,44-,45+,46+,48-,49+,50+,51-/m0/s1. The van der Waals surface area contributed by atoms with Gasteiger partial charge in [0, 0.05) is 62.2 Å². The number of likely N-dealkylation sites (N-methyl/N-ethyl adjacent to an activating group) is 1. The monoisotopic (exact) mass is 972 g/mol. The van der Waals surface area contributed by atoms with Crippen LogP contribution in [0.25, 0.3) is 5.82 Å². The van der Waals surface area contributed by atoms with Gasteiger partial charge in [0.05, 0.1) is 59.9 Å². The molecule has 0 radical (unpaired) electrons. The topological polar surface area (TPSA) is 207 Å². The van der Waals surface area contributed by atoms with Gasteiger partial charge in [0.15, 0.2) is 18.4 Å². The Morgan fingerprint density at radius 2 is 1.80 bits per heavy atom. The Kier molecular flexibility index (Phi) is 18.5. The van der Waals surface area contributed by atoms with Crippen molar-refractivity contribution < 1.29 is 53.0 Å². The fourth-order valence-corrected chi connectivity index (χ4v) is 11.4. The summed E-state index contributed by atoms with van der Waals surface area (Å²) in [5.74, 6) is -1.81. The van der Waals surface area contributed by atoms with Gasteiger partial charge in [0.1, 0.15) is 24.4 Å². The number of hydrogen-bond acceptors (Lipinski definition) is 17. The van der Waals surface area contributed by atoms with Gasteiger partial charge in [0.25, 0.3) is 0 Å². The third kappa shape index (κ3) is 12.7. The van der Waals surface area contributed by atoms with Crippen LogP contribution in [0.1, 0.15) is 113 Å². The van der Waals surface area contributed by atoms with E-state index in [1.807, 2.05) is 84.9 Å². The summed E-state index contributed by atoms with van der Waals surface area (Å²) in [4.78, 5) is 29.9. The summed E-state index contributed by atoms with van der Waals surface area (Å²) in [6, 6.07) is 4.84. The molecule has 18 heteroatoms. The van der Waals surface area contributed by atoms with Crippen molar-refractivity contribution in [1.29, 1.82) is 0 Å². The molecule has 5 aliphatic rings. The molecule has 69 heavy (non-hydrogen) atoms. The van der Waals surface area contributed by atoms with Crippen molar-refractivity contribution in [3.63, 3.8) is 0 Å². The zero-order valence-electron chi connectivity index (χ0n) is 43.8. The van der Waals surface area contributed by atoms with Crippen LogP contribution in [-0.2, 0) is 49.4 Å². The molecular weight excluding hydrogens is 887 g/mol. The van der Waals surface area contributed by atoms with Gasteiger partial charge in [-0.1, -0.05) is 32.0 Å². The van der Waals surface area contributed by atoms with Gasteiger partial charge in [-0.25, -0.2) is 9.67 Å². The Morgan fingerprint density at radius 1 is 1.06 bits per heavy atom. The summed E-state index contributed by atoms with van der Waals surface area (Å²) in [7, 11) is 7.60. The number of ether oxygens (including phenoxy) is 7. The summed E-state index contributed by atoms with van der Waals surface area (Å²) in [6.45, 7) is 20.5. The van der Waals surface area contributed by atoms with Crippen molar-refractivity contribution in [2.45, 2.75) is 199 Å². The molecular formula is C51H85N7O11. The number of carbonyl (C=O) groups is 1. The van der Waals surface area contributed by atoms with E-state index in [0.717, 1.165) is 5.56 Å². The molecule has 18 nitrogen and oxygen atoms in total. The third-order valence-electron chi connectivity index (χ3n) is 16.0. The first kappa shape index (κ1) is 55.2. The lowest BCUT2D eigenvalue weighted by Gasteiger charge is -2.50. The molecule has 0 aromatic carbocycles. The minimum Gasteiger partial charge on any atom is -0.459 e. The maximum Gasteiger partial charge on any atom is 0.311 e. The summed E-state index contributed by atoms with van der Waals surface area (Å²) in [5, 5.41) is 33.9. The SMILES string of the molecule is CC[C@H]1OC(=O)[C@H](C)[C@@H](O[C@H]2C[C@@](C)(OC)[C@H](N)[C@H](C)O2)[C@H](C)[C@@H](O[C@@H]2O[C@H](C)C[C@H](N(C)C)[C@H]2O)[C@@]2(C)C[C@@H](C)N(C)C[C@H](C)[C@@H](CC/C(=N\OCc3ccc(-n4cccn4)nc3)CO2)[C@]1(C)O. The largest absolute Gasteiger partial charge is 0.459 e. The molecule has 2 bridgehead atoms. The molecule has 2 aromatic rings. The average Bonchev–Trinajstić information content (AvgIpc) is 3.85. The van der Waals surface area contributed by atoms with Crippen LogP contribution in [0, 0.1) is 23.7 Å². The minimum atomic E-state index is -1.46. The van der Waals surface area contributed by atoms with Gasteiger partial charge in [0.2, 0.25) is 0 Å². The smallest absolute Gasteiger partial charge is 0.311 e. The average molecular weight is 972 g/mol. The van der Waals surface area contributed by atoms with Crippen molar-refractivity contribution >= 4 is 11.7 Å². The maximum atomic E-state index is 14.9. The Morgan fingerprint density at radius 3 is 2.43 bits per heavy atom. The molecule has 0 unspecified atom stereocenters. The van der Waals surface area contributed by atoms with Crippen LogP contribution >= 0.6 is 0 Å². The van der Waals surface area contributed by atoms with E-state index in [9.17, 15) is 15.0 Å². The predicted molar refractivity (Wildman–Crippen MR) is 260 cm³/mol. The summed E-state index contributed by atoms with van der Waals surface area (Å²) < 4.78 is 48.8. The van der Waals surface area contributed by atoms with Crippen LogP contribution in [0.4, 0.5) is 0 Å². The molecule has 18 atom stereocenters. The maximum absolute atomic E-state index is 14.9. The van der Waals surface area contributed by atoms with Gasteiger partial charge in [-0.3, -0.25) is 4.79 Å².